The Morgan fingerprint density at radius 3 is 2.76 bits per heavy atom. The molecule has 1 aliphatic heterocycles. The number of hydrogen-bond acceptors (Lipinski definition) is 6. The molecule has 1 saturated heterocycles. The first kappa shape index (κ1) is 23.5. The standard InChI is InChI=1S/C21H22F3N5O2S2/c1-13(29-18(26-27-20(29)32)17-3-2-10-33-17)19(30)25-12-14-4-5-15(11-16(14)21(22,23)24)28-6-8-31-9-7-28/h2-5,10-11,13H,6-9,12H2,1H3,(H,25,30)(H,27,32). The minimum atomic E-state index is -4.55. The number of aromatic nitrogens is 3. The van der Waals surface area contributed by atoms with Crippen molar-refractivity contribution in [3.05, 3.63) is 51.6 Å². The largest absolute Gasteiger partial charge is 0.416 e. The van der Waals surface area contributed by atoms with E-state index >= 15 is 0 Å². The monoisotopic (exact) mass is 497 g/mol. The van der Waals surface area contributed by atoms with Crippen molar-refractivity contribution in [1.29, 1.82) is 0 Å². The molecule has 0 radical (unpaired) electrons. The second-order valence-corrected chi connectivity index (χ2v) is 8.87. The van der Waals surface area contributed by atoms with Crippen LogP contribution >= 0.6 is 23.6 Å². The highest BCUT2D eigenvalue weighted by atomic mass is 32.1. The number of carbonyl (C=O) groups excluding carboxylic acids is 1. The quantitative estimate of drug-likeness (QED) is 0.494. The van der Waals surface area contributed by atoms with Gasteiger partial charge in [-0.2, -0.15) is 18.3 Å². The van der Waals surface area contributed by atoms with Gasteiger partial charge in [0.25, 0.3) is 0 Å². The van der Waals surface area contributed by atoms with Crippen LogP contribution in [-0.4, -0.2) is 47.0 Å². The summed E-state index contributed by atoms with van der Waals surface area (Å²) in [6.07, 6.45) is -4.55. The zero-order valence-corrected chi connectivity index (χ0v) is 19.3. The van der Waals surface area contributed by atoms with Crippen LogP contribution in [0.1, 0.15) is 24.1 Å². The fourth-order valence-electron chi connectivity index (χ4n) is 3.69. The molecule has 0 aliphatic carbocycles. The molecule has 0 bridgehead atoms. The summed E-state index contributed by atoms with van der Waals surface area (Å²) >= 11 is 6.72. The third kappa shape index (κ3) is 5.12. The second kappa shape index (κ2) is 9.65. The first-order valence-electron chi connectivity index (χ1n) is 10.3. The van der Waals surface area contributed by atoms with Gasteiger partial charge in [0.1, 0.15) is 6.04 Å². The van der Waals surface area contributed by atoms with E-state index in [1.807, 2.05) is 22.4 Å². The Morgan fingerprint density at radius 2 is 2.09 bits per heavy atom. The number of aromatic amines is 1. The van der Waals surface area contributed by atoms with E-state index in [1.54, 1.807) is 17.6 Å². The van der Waals surface area contributed by atoms with Crippen LogP contribution in [0.25, 0.3) is 10.7 Å². The smallest absolute Gasteiger partial charge is 0.378 e. The number of anilines is 1. The van der Waals surface area contributed by atoms with Crippen molar-refractivity contribution >= 4 is 35.1 Å². The van der Waals surface area contributed by atoms with Crippen LogP contribution in [0.15, 0.2) is 35.7 Å². The first-order chi connectivity index (χ1) is 15.8. The second-order valence-electron chi connectivity index (χ2n) is 7.53. The molecule has 1 unspecified atom stereocenters. The van der Waals surface area contributed by atoms with Crippen LogP contribution < -0.4 is 10.2 Å². The number of ether oxygens (including phenoxy) is 1. The summed E-state index contributed by atoms with van der Waals surface area (Å²) in [6, 6.07) is 7.13. The first-order valence-corrected chi connectivity index (χ1v) is 11.6. The van der Waals surface area contributed by atoms with Gasteiger partial charge < -0.3 is 15.0 Å². The van der Waals surface area contributed by atoms with Crippen molar-refractivity contribution in [1.82, 2.24) is 20.1 Å². The van der Waals surface area contributed by atoms with Crippen molar-refractivity contribution in [2.45, 2.75) is 25.7 Å². The Labute approximate surface area is 197 Å². The van der Waals surface area contributed by atoms with Crippen LogP contribution in [0.2, 0.25) is 0 Å². The number of amides is 1. The Bertz CT molecular complexity index is 1170. The average molecular weight is 498 g/mol. The summed E-state index contributed by atoms with van der Waals surface area (Å²) in [4.78, 5) is 15.5. The van der Waals surface area contributed by atoms with Gasteiger partial charge in [-0.25, -0.2) is 0 Å². The third-order valence-electron chi connectivity index (χ3n) is 5.44. The molecule has 0 spiro atoms. The molecule has 3 aromatic rings. The van der Waals surface area contributed by atoms with Crippen LogP contribution in [0.4, 0.5) is 18.9 Å². The lowest BCUT2D eigenvalue weighted by Gasteiger charge is -2.29. The zero-order chi connectivity index (χ0) is 23.6. The van der Waals surface area contributed by atoms with Gasteiger partial charge in [-0.1, -0.05) is 12.1 Å². The number of morpholine rings is 1. The number of halogens is 3. The van der Waals surface area contributed by atoms with Gasteiger partial charge in [0.15, 0.2) is 10.6 Å². The highest BCUT2D eigenvalue weighted by molar-refractivity contribution is 7.71. The van der Waals surface area contributed by atoms with Crippen molar-refractivity contribution in [2.24, 2.45) is 0 Å². The van der Waals surface area contributed by atoms with Crippen LogP contribution in [0.5, 0.6) is 0 Å². The van der Waals surface area contributed by atoms with Crippen molar-refractivity contribution in [3.63, 3.8) is 0 Å². The number of benzene rings is 1. The van der Waals surface area contributed by atoms with Gasteiger partial charge in [0, 0.05) is 25.3 Å². The predicted molar refractivity (Wildman–Crippen MR) is 122 cm³/mol. The molecule has 4 rings (SSSR count). The number of thiophene rings is 1. The van der Waals surface area contributed by atoms with Gasteiger partial charge in [0.2, 0.25) is 5.91 Å². The molecule has 33 heavy (non-hydrogen) atoms. The van der Waals surface area contributed by atoms with E-state index in [9.17, 15) is 18.0 Å². The number of nitrogens with one attached hydrogen (secondary N) is 2. The number of nitrogens with zero attached hydrogens (tertiary/aromatic N) is 3. The Morgan fingerprint density at radius 1 is 1.33 bits per heavy atom. The normalized spacial score (nSPS) is 15.5. The lowest BCUT2D eigenvalue weighted by atomic mass is 10.0. The van der Waals surface area contributed by atoms with E-state index in [1.165, 1.54) is 17.4 Å². The highest BCUT2D eigenvalue weighted by Crippen LogP contribution is 2.35. The molecule has 1 amide bonds. The maximum Gasteiger partial charge on any atom is 0.416 e. The average Bonchev–Trinajstić information content (AvgIpc) is 3.46. The molecule has 1 fully saturated rings. The molecule has 7 nitrogen and oxygen atoms in total. The molecule has 3 heterocycles. The van der Waals surface area contributed by atoms with Crippen LogP contribution in [0, 0.1) is 4.77 Å². The fourth-order valence-corrected chi connectivity index (χ4v) is 4.69. The zero-order valence-electron chi connectivity index (χ0n) is 17.7. The molecular weight excluding hydrogens is 475 g/mol. The minimum Gasteiger partial charge on any atom is -0.378 e. The predicted octanol–water partition coefficient (Wildman–Crippen LogP) is 4.40. The van der Waals surface area contributed by atoms with Crippen LogP contribution in [-0.2, 0) is 22.3 Å². The molecule has 1 aliphatic rings. The third-order valence-corrected chi connectivity index (χ3v) is 6.59. The van der Waals surface area contributed by atoms with E-state index < -0.39 is 23.7 Å². The van der Waals surface area contributed by atoms with Crippen LogP contribution in [0.3, 0.4) is 0 Å². The molecule has 176 valence electrons. The van der Waals surface area contributed by atoms with Gasteiger partial charge >= 0.3 is 6.18 Å². The molecular formula is C21H22F3N5O2S2. The van der Waals surface area contributed by atoms with Crippen molar-refractivity contribution in [2.75, 3.05) is 31.2 Å². The lowest BCUT2D eigenvalue weighted by Crippen LogP contribution is -2.36. The summed E-state index contributed by atoms with van der Waals surface area (Å²) in [5.74, 6) is 0.0409. The summed E-state index contributed by atoms with van der Waals surface area (Å²) in [5.41, 5.74) is -0.285. The molecule has 0 saturated carbocycles. The SMILES string of the molecule is CC(C(=O)NCc1ccc(N2CCOCC2)cc1C(F)(F)F)n1c(-c2cccs2)n[nH]c1=S. The number of alkyl halides is 3. The molecule has 1 aromatic carbocycles. The number of hydrogen-bond donors (Lipinski definition) is 2. The molecule has 12 heteroatoms. The highest BCUT2D eigenvalue weighted by Gasteiger charge is 2.34. The van der Waals surface area contributed by atoms with E-state index in [0.717, 1.165) is 10.9 Å². The summed E-state index contributed by atoms with van der Waals surface area (Å²) in [5, 5.41) is 11.4. The van der Waals surface area contributed by atoms with E-state index in [-0.39, 0.29) is 16.9 Å². The van der Waals surface area contributed by atoms with Crippen molar-refractivity contribution < 1.29 is 22.7 Å². The van der Waals surface area contributed by atoms with E-state index in [2.05, 4.69) is 15.5 Å². The van der Waals surface area contributed by atoms with E-state index in [0.29, 0.717) is 37.8 Å². The fraction of sp³-hybridized carbons (Fsp3) is 0.381. The maximum atomic E-state index is 13.8. The topological polar surface area (TPSA) is 75.2 Å². The maximum absolute atomic E-state index is 13.8. The van der Waals surface area contributed by atoms with Gasteiger partial charge in [-0.05, 0) is 48.3 Å². The number of H-pyrrole nitrogens is 1. The minimum absolute atomic E-state index is 0.00525. The summed E-state index contributed by atoms with van der Waals surface area (Å²) < 4.78 is 48.4. The molecule has 2 aromatic heterocycles. The molecule has 1 atom stereocenters. The van der Waals surface area contributed by atoms with Gasteiger partial charge in [-0.15, -0.1) is 11.3 Å². The number of carbonyl (C=O) groups is 1. The van der Waals surface area contributed by atoms with Gasteiger partial charge in [0.05, 0.1) is 23.7 Å². The van der Waals surface area contributed by atoms with E-state index in [4.69, 9.17) is 17.0 Å². The van der Waals surface area contributed by atoms with Crippen molar-refractivity contribution in [3.8, 4) is 10.7 Å². The van der Waals surface area contributed by atoms with Gasteiger partial charge in [-0.3, -0.25) is 14.5 Å². The summed E-state index contributed by atoms with van der Waals surface area (Å²) in [6.45, 7) is 3.37. The molecule has 2 N–H and O–H groups in total. The Hall–Kier alpha value is -2.70. The lowest BCUT2D eigenvalue weighted by molar-refractivity contribution is -0.138. The Kier molecular flexibility index (Phi) is 6.86. The summed E-state index contributed by atoms with van der Waals surface area (Å²) in [7, 11) is 0. The Balaban J connectivity index is 1.52. The number of rotatable bonds is 6.